The van der Waals surface area contributed by atoms with E-state index < -0.39 is 24.2 Å². The Morgan fingerprint density at radius 3 is 2.41 bits per heavy atom. The van der Waals surface area contributed by atoms with Gasteiger partial charge in [-0.2, -0.15) is 13.2 Å². The van der Waals surface area contributed by atoms with Crippen molar-refractivity contribution in [1.82, 2.24) is 4.90 Å². The van der Waals surface area contributed by atoms with Crippen molar-refractivity contribution in [2.24, 2.45) is 0 Å². The largest absolute Gasteiger partial charge is 0.389 e. The number of para-hydroxylation sites is 1. The number of carbonyl (C=O) groups is 1. The summed E-state index contributed by atoms with van der Waals surface area (Å²) in [6.07, 6.45) is -5.39. The second-order valence-electron chi connectivity index (χ2n) is 5.87. The zero-order chi connectivity index (χ0) is 17.0. The molecular formula is C15H21F3N2O2. The minimum Gasteiger partial charge on any atom is -0.389 e. The molecule has 0 fully saturated rings. The number of hydrogen-bond donors (Lipinski definition) is 2. The minimum atomic E-state index is -4.24. The van der Waals surface area contributed by atoms with Gasteiger partial charge in [-0.05, 0) is 31.9 Å². The smallest absolute Gasteiger partial charge is 0.389 e. The number of anilines is 1. The molecule has 0 spiro atoms. The number of carbonyl (C=O) groups excluding carboxylic acids is 1. The maximum Gasteiger partial charge on any atom is 0.389 e. The molecule has 0 radical (unpaired) electrons. The van der Waals surface area contributed by atoms with Gasteiger partial charge in [0, 0.05) is 19.2 Å². The highest BCUT2D eigenvalue weighted by Gasteiger charge is 2.27. The molecule has 22 heavy (non-hydrogen) atoms. The van der Waals surface area contributed by atoms with E-state index in [4.69, 9.17) is 0 Å². The van der Waals surface area contributed by atoms with Crippen LogP contribution in [0, 0.1) is 0 Å². The van der Waals surface area contributed by atoms with Crippen LogP contribution in [0.15, 0.2) is 24.3 Å². The molecule has 1 aromatic rings. The third-order valence-electron chi connectivity index (χ3n) is 2.91. The summed E-state index contributed by atoms with van der Waals surface area (Å²) in [4.78, 5) is 13.3. The van der Waals surface area contributed by atoms with E-state index in [1.807, 2.05) is 0 Å². The van der Waals surface area contributed by atoms with Gasteiger partial charge in [0.15, 0.2) is 0 Å². The van der Waals surface area contributed by atoms with Crippen LogP contribution in [0.3, 0.4) is 0 Å². The number of aliphatic hydroxyl groups is 1. The summed E-state index contributed by atoms with van der Waals surface area (Å²) in [5.41, 5.74) is -0.286. The van der Waals surface area contributed by atoms with Gasteiger partial charge in [0.1, 0.15) is 0 Å². The molecule has 0 unspecified atom stereocenters. The van der Waals surface area contributed by atoms with Crippen molar-refractivity contribution in [3.63, 3.8) is 0 Å². The summed E-state index contributed by atoms with van der Waals surface area (Å²) in [6.45, 7) is 3.23. The first-order valence-electron chi connectivity index (χ1n) is 6.87. The van der Waals surface area contributed by atoms with E-state index in [9.17, 15) is 23.1 Å². The molecule has 7 heteroatoms. The summed E-state index contributed by atoms with van der Waals surface area (Å²) < 4.78 is 37.0. The number of nitrogens with zero attached hydrogens (tertiary/aromatic N) is 1. The molecule has 1 rings (SSSR count). The van der Waals surface area contributed by atoms with Gasteiger partial charge in [-0.25, -0.2) is 4.79 Å². The average Bonchev–Trinajstić information content (AvgIpc) is 2.34. The van der Waals surface area contributed by atoms with Crippen LogP contribution in [-0.4, -0.2) is 41.4 Å². The molecule has 0 aromatic heterocycles. The minimum absolute atomic E-state index is 0.101. The van der Waals surface area contributed by atoms with Gasteiger partial charge in [-0.3, -0.25) is 0 Å². The van der Waals surface area contributed by atoms with E-state index >= 15 is 0 Å². The third kappa shape index (κ3) is 6.80. The van der Waals surface area contributed by atoms with Crippen LogP contribution >= 0.6 is 0 Å². The van der Waals surface area contributed by atoms with Crippen molar-refractivity contribution in [1.29, 1.82) is 0 Å². The van der Waals surface area contributed by atoms with E-state index in [-0.39, 0.29) is 13.0 Å². The number of halogens is 3. The number of amides is 2. The molecule has 0 aliphatic heterocycles. The average molecular weight is 318 g/mol. The van der Waals surface area contributed by atoms with Crippen LogP contribution < -0.4 is 5.32 Å². The van der Waals surface area contributed by atoms with Crippen LogP contribution in [0.2, 0.25) is 0 Å². The van der Waals surface area contributed by atoms with Crippen LogP contribution in [0.25, 0.3) is 0 Å². The number of nitrogens with one attached hydrogen (secondary N) is 1. The molecular weight excluding hydrogens is 297 g/mol. The number of alkyl halides is 3. The highest BCUT2D eigenvalue weighted by molar-refractivity contribution is 5.90. The Morgan fingerprint density at radius 2 is 1.86 bits per heavy atom. The first-order valence-corrected chi connectivity index (χ1v) is 6.87. The highest BCUT2D eigenvalue weighted by Crippen LogP contribution is 2.25. The fourth-order valence-electron chi connectivity index (χ4n) is 2.00. The fourth-order valence-corrected chi connectivity index (χ4v) is 2.00. The van der Waals surface area contributed by atoms with Crippen LogP contribution in [0.5, 0.6) is 0 Å². The van der Waals surface area contributed by atoms with Gasteiger partial charge in [-0.15, -0.1) is 0 Å². The van der Waals surface area contributed by atoms with E-state index in [1.165, 1.54) is 11.9 Å². The summed E-state index contributed by atoms with van der Waals surface area (Å²) in [5.74, 6) is 0. The van der Waals surface area contributed by atoms with Gasteiger partial charge >= 0.3 is 12.2 Å². The van der Waals surface area contributed by atoms with Gasteiger partial charge in [0.25, 0.3) is 0 Å². The predicted molar refractivity (Wildman–Crippen MR) is 78.8 cm³/mol. The van der Waals surface area contributed by atoms with E-state index in [0.29, 0.717) is 11.3 Å². The number of aryl methyl sites for hydroxylation is 1. The molecule has 0 aliphatic rings. The normalized spacial score (nSPS) is 12.1. The van der Waals surface area contributed by atoms with Crippen molar-refractivity contribution in [2.45, 2.75) is 38.5 Å². The summed E-state index contributed by atoms with van der Waals surface area (Å²) in [6, 6.07) is 5.89. The lowest BCUT2D eigenvalue weighted by Gasteiger charge is -2.26. The number of benzene rings is 1. The second-order valence-corrected chi connectivity index (χ2v) is 5.87. The first kappa shape index (κ1) is 18.3. The van der Waals surface area contributed by atoms with E-state index in [2.05, 4.69) is 5.32 Å². The Bertz CT molecular complexity index is 510. The molecule has 0 saturated carbocycles. The number of urea groups is 1. The van der Waals surface area contributed by atoms with Crippen molar-refractivity contribution >= 4 is 11.7 Å². The third-order valence-corrected chi connectivity index (χ3v) is 2.91. The molecule has 0 saturated heterocycles. The molecule has 0 bridgehead atoms. The van der Waals surface area contributed by atoms with Crippen LogP contribution in [0.4, 0.5) is 23.7 Å². The Hall–Kier alpha value is -1.76. The standard InChI is InChI=1S/C15H21F3N2O2/c1-14(2,22)10-20(3)13(21)19-12-7-5-4-6-11(12)8-9-15(16,17)18/h4-7,22H,8-10H2,1-3H3,(H,19,21). The molecule has 1 aromatic carbocycles. The number of likely N-dealkylation sites (N-methyl/N-ethyl adjacent to an activating group) is 1. The lowest BCUT2D eigenvalue weighted by atomic mass is 10.1. The SMILES string of the molecule is CN(CC(C)(C)O)C(=O)Nc1ccccc1CCC(F)(F)F. The molecule has 0 heterocycles. The van der Waals surface area contributed by atoms with Crippen molar-refractivity contribution in [3.05, 3.63) is 29.8 Å². The van der Waals surface area contributed by atoms with Gasteiger partial charge in [0.05, 0.1) is 12.1 Å². The Kier molecular flexibility index (Phi) is 5.82. The van der Waals surface area contributed by atoms with E-state index in [1.54, 1.807) is 38.1 Å². The number of rotatable bonds is 5. The maximum absolute atomic E-state index is 12.3. The van der Waals surface area contributed by atoms with Crippen molar-refractivity contribution in [3.8, 4) is 0 Å². The zero-order valence-corrected chi connectivity index (χ0v) is 12.9. The van der Waals surface area contributed by atoms with E-state index in [0.717, 1.165) is 0 Å². The molecule has 2 amide bonds. The monoisotopic (exact) mass is 318 g/mol. The zero-order valence-electron chi connectivity index (χ0n) is 12.9. The van der Waals surface area contributed by atoms with Crippen molar-refractivity contribution < 1.29 is 23.1 Å². The Morgan fingerprint density at radius 1 is 1.27 bits per heavy atom. The first-order chi connectivity index (χ1) is 9.98. The Balaban J connectivity index is 2.75. The summed E-state index contributed by atoms with van der Waals surface area (Å²) in [7, 11) is 1.51. The Labute approximate surface area is 127 Å². The topological polar surface area (TPSA) is 52.6 Å². The fraction of sp³-hybridized carbons (Fsp3) is 0.533. The van der Waals surface area contributed by atoms with Gasteiger partial charge in [0.2, 0.25) is 0 Å². The highest BCUT2D eigenvalue weighted by atomic mass is 19.4. The summed E-state index contributed by atoms with van der Waals surface area (Å²) >= 11 is 0. The van der Waals surface area contributed by atoms with Crippen LogP contribution in [-0.2, 0) is 6.42 Å². The van der Waals surface area contributed by atoms with Crippen LogP contribution in [0.1, 0.15) is 25.8 Å². The second kappa shape index (κ2) is 7.00. The van der Waals surface area contributed by atoms with Gasteiger partial charge < -0.3 is 15.3 Å². The predicted octanol–water partition coefficient (Wildman–Crippen LogP) is 3.42. The number of hydrogen-bond acceptors (Lipinski definition) is 2. The molecule has 0 aliphatic carbocycles. The maximum atomic E-state index is 12.3. The van der Waals surface area contributed by atoms with Gasteiger partial charge in [-0.1, -0.05) is 18.2 Å². The quantitative estimate of drug-likeness (QED) is 0.874. The lowest BCUT2D eigenvalue weighted by molar-refractivity contribution is -0.133. The molecule has 124 valence electrons. The molecule has 4 nitrogen and oxygen atoms in total. The molecule has 0 atom stereocenters. The molecule has 2 N–H and O–H groups in total. The lowest BCUT2D eigenvalue weighted by Crippen LogP contribution is -2.41. The van der Waals surface area contributed by atoms with Crippen molar-refractivity contribution in [2.75, 3.05) is 18.9 Å². The summed E-state index contributed by atoms with van der Waals surface area (Å²) in [5, 5.41) is 12.3.